The summed E-state index contributed by atoms with van der Waals surface area (Å²) in [5.41, 5.74) is 0. The molecule has 1 heterocycles. The van der Waals surface area contributed by atoms with E-state index in [2.05, 4.69) is 0 Å². The molecule has 1 saturated heterocycles. The zero-order valence-corrected chi connectivity index (χ0v) is 13.6. The predicted octanol–water partition coefficient (Wildman–Crippen LogP) is 0.623. The van der Waals surface area contributed by atoms with Gasteiger partial charge in [-0.1, -0.05) is 0 Å². The molecule has 3 unspecified atom stereocenters. The van der Waals surface area contributed by atoms with Gasteiger partial charge in [0.05, 0.1) is 30.1 Å². The molecule has 1 aliphatic heterocycles. The van der Waals surface area contributed by atoms with Gasteiger partial charge in [0.1, 0.15) is 5.78 Å². The van der Waals surface area contributed by atoms with Crippen molar-refractivity contribution in [3.05, 3.63) is 0 Å². The summed E-state index contributed by atoms with van der Waals surface area (Å²) in [5, 5.41) is 9.18. The van der Waals surface area contributed by atoms with Gasteiger partial charge in [0, 0.05) is 12.3 Å². The number of ether oxygens (including phenoxy) is 2. The number of ketones is 1. The minimum absolute atomic E-state index is 0.174. The standard InChI is InChI=1S/C14H22O7S/c1-14(2)20-6-9(21-14)7-22(18,19)8-11-10(13(16)17)4-3-5-12(11)15/h9-11H,3-8H2,1-2H3,(H,16,17). The Hall–Kier alpha value is -0.990. The molecule has 0 aromatic carbocycles. The van der Waals surface area contributed by atoms with Gasteiger partial charge in [0.15, 0.2) is 15.6 Å². The highest BCUT2D eigenvalue weighted by molar-refractivity contribution is 7.91. The molecular weight excluding hydrogens is 312 g/mol. The molecule has 0 spiro atoms. The second-order valence-electron chi connectivity index (χ2n) is 6.44. The van der Waals surface area contributed by atoms with E-state index in [0.717, 1.165) is 0 Å². The second-order valence-corrected chi connectivity index (χ2v) is 8.59. The van der Waals surface area contributed by atoms with E-state index in [1.165, 1.54) is 0 Å². The number of carboxylic acid groups (broad SMARTS) is 1. The molecule has 22 heavy (non-hydrogen) atoms. The fourth-order valence-corrected chi connectivity index (χ4v) is 4.91. The van der Waals surface area contributed by atoms with E-state index in [4.69, 9.17) is 9.47 Å². The monoisotopic (exact) mass is 334 g/mol. The Morgan fingerprint density at radius 3 is 2.59 bits per heavy atom. The molecule has 3 atom stereocenters. The molecule has 0 amide bonds. The number of carboxylic acids is 1. The summed E-state index contributed by atoms with van der Waals surface area (Å²) in [6.07, 6.45) is 0.513. The molecule has 1 saturated carbocycles. The van der Waals surface area contributed by atoms with Crippen molar-refractivity contribution in [3.63, 3.8) is 0 Å². The van der Waals surface area contributed by atoms with Crippen molar-refractivity contribution >= 4 is 21.6 Å². The quantitative estimate of drug-likeness (QED) is 0.785. The third kappa shape index (κ3) is 4.27. The van der Waals surface area contributed by atoms with Gasteiger partial charge in [-0.05, 0) is 26.7 Å². The molecule has 2 fully saturated rings. The predicted molar refractivity (Wildman–Crippen MR) is 77.0 cm³/mol. The SMILES string of the molecule is CC1(C)OCC(CS(=O)(=O)CC2C(=O)CCCC2C(=O)O)O1. The van der Waals surface area contributed by atoms with Crippen molar-refractivity contribution < 1.29 is 32.6 Å². The van der Waals surface area contributed by atoms with E-state index in [0.29, 0.717) is 12.8 Å². The van der Waals surface area contributed by atoms with Gasteiger partial charge in [0.2, 0.25) is 0 Å². The van der Waals surface area contributed by atoms with Gasteiger partial charge in [-0.2, -0.15) is 0 Å². The molecule has 1 N–H and O–H groups in total. The third-order valence-corrected chi connectivity index (χ3v) is 5.84. The van der Waals surface area contributed by atoms with Crippen molar-refractivity contribution in [2.45, 2.75) is 45.0 Å². The van der Waals surface area contributed by atoms with E-state index in [9.17, 15) is 23.1 Å². The zero-order valence-electron chi connectivity index (χ0n) is 12.8. The van der Waals surface area contributed by atoms with Gasteiger partial charge in [-0.3, -0.25) is 9.59 Å². The van der Waals surface area contributed by atoms with Crippen LogP contribution in [0.15, 0.2) is 0 Å². The maximum Gasteiger partial charge on any atom is 0.307 e. The average Bonchev–Trinajstić information content (AvgIpc) is 2.69. The van der Waals surface area contributed by atoms with Crippen LogP contribution in [0.3, 0.4) is 0 Å². The first-order valence-corrected chi connectivity index (χ1v) is 9.19. The Morgan fingerprint density at radius 2 is 2.05 bits per heavy atom. The number of sulfone groups is 1. The lowest BCUT2D eigenvalue weighted by Gasteiger charge is -2.27. The Morgan fingerprint density at radius 1 is 1.36 bits per heavy atom. The van der Waals surface area contributed by atoms with E-state index >= 15 is 0 Å². The molecule has 8 heteroatoms. The maximum absolute atomic E-state index is 12.3. The van der Waals surface area contributed by atoms with Gasteiger partial charge < -0.3 is 14.6 Å². The summed E-state index contributed by atoms with van der Waals surface area (Å²) < 4.78 is 35.4. The van der Waals surface area contributed by atoms with E-state index in [-0.39, 0.29) is 24.6 Å². The summed E-state index contributed by atoms with van der Waals surface area (Å²) in [6.45, 7) is 3.57. The van der Waals surface area contributed by atoms with Crippen molar-refractivity contribution in [2.75, 3.05) is 18.1 Å². The molecule has 0 radical (unpaired) electrons. The lowest BCUT2D eigenvalue weighted by atomic mass is 9.79. The first-order chi connectivity index (χ1) is 10.1. The van der Waals surface area contributed by atoms with E-state index in [1.807, 2.05) is 0 Å². The molecule has 0 bridgehead atoms. The Kier molecular flexibility index (Phi) is 4.93. The van der Waals surface area contributed by atoms with Crippen LogP contribution in [-0.2, 0) is 28.9 Å². The van der Waals surface area contributed by atoms with Crippen LogP contribution in [0, 0.1) is 11.8 Å². The third-order valence-electron chi connectivity index (χ3n) is 4.10. The lowest BCUT2D eigenvalue weighted by molar-refractivity contribution is -0.148. The minimum Gasteiger partial charge on any atom is -0.481 e. The summed E-state index contributed by atoms with van der Waals surface area (Å²) in [4.78, 5) is 23.2. The molecule has 7 nitrogen and oxygen atoms in total. The topological polar surface area (TPSA) is 107 Å². The number of aliphatic carboxylic acids is 1. The highest BCUT2D eigenvalue weighted by Crippen LogP contribution is 2.30. The van der Waals surface area contributed by atoms with Crippen molar-refractivity contribution in [1.82, 2.24) is 0 Å². The number of carbonyl (C=O) groups excluding carboxylic acids is 1. The van der Waals surface area contributed by atoms with Gasteiger partial charge in [0.25, 0.3) is 0 Å². The van der Waals surface area contributed by atoms with Crippen LogP contribution < -0.4 is 0 Å². The lowest BCUT2D eigenvalue weighted by Crippen LogP contribution is -2.40. The number of carbonyl (C=O) groups is 2. The molecule has 2 aliphatic rings. The van der Waals surface area contributed by atoms with Crippen LogP contribution in [0.5, 0.6) is 0 Å². The van der Waals surface area contributed by atoms with Crippen LogP contribution >= 0.6 is 0 Å². The van der Waals surface area contributed by atoms with Gasteiger partial charge in [-0.25, -0.2) is 8.42 Å². The minimum atomic E-state index is -3.60. The Bertz CT molecular complexity index is 552. The van der Waals surface area contributed by atoms with Gasteiger partial charge >= 0.3 is 5.97 Å². The summed E-state index contributed by atoms with van der Waals surface area (Å²) in [7, 11) is -3.60. The summed E-state index contributed by atoms with van der Waals surface area (Å²) >= 11 is 0. The number of hydrogen-bond acceptors (Lipinski definition) is 6. The normalized spacial score (nSPS) is 32.1. The number of rotatable bonds is 5. The number of Topliss-reactive ketones (excluding diaryl/α,β-unsaturated/α-hetero) is 1. The highest BCUT2D eigenvalue weighted by atomic mass is 32.2. The Balaban J connectivity index is 2.03. The molecular formula is C14H22O7S. The van der Waals surface area contributed by atoms with Crippen LogP contribution in [0.1, 0.15) is 33.1 Å². The molecule has 0 aromatic heterocycles. The van der Waals surface area contributed by atoms with Crippen molar-refractivity contribution in [3.8, 4) is 0 Å². The van der Waals surface area contributed by atoms with Gasteiger partial charge in [-0.15, -0.1) is 0 Å². The van der Waals surface area contributed by atoms with Crippen molar-refractivity contribution in [2.24, 2.45) is 11.8 Å². The fraction of sp³-hybridized carbons (Fsp3) is 0.857. The van der Waals surface area contributed by atoms with Crippen molar-refractivity contribution in [1.29, 1.82) is 0 Å². The van der Waals surface area contributed by atoms with Crippen LogP contribution in [0.4, 0.5) is 0 Å². The summed E-state index contributed by atoms with van der Waals surface area (Å²) in [6, 6.07) is 0. The maximum atomic E-state index is 12.3. The van der Waals surface area contributed by atoms with Crippen LogP contribution in [0.2, 0.25) is 0 Å². The smallest absolute Gasteiger partial charge is 0.307 e. The molecule has 0 aromatic rings. The summed E-state index contributed by atoms with van der Waals surface area (Å²) in [5.74, 6) is -4.74. The van der Waals surface area contributed by atoms with E-state index in [1.54, 1.807) is 13.8 Å². The number of hydrogen-bond donors (Lipinski definition) is 1. The second kappa shape index (κ2) is 6.25. The van der Waals surface area contributed by atoms with E-state index < -0.39 is 45.3 Å². The zero-order chi connectivity index (χ0) is 16.5. The molecule has 1 aliphatic carbocycles. The molecule has 126 valence electrons. The highest BCUT2D eigenvalue weighted by Gasteiger charge is 2.41. The largest absolute Gasteiger partial charge is 0.481 e. The molecule has 2 rings (SSSR count). The van der Waals surface area contributed by atoms with Crippen LogP contribution in [-0.4, -0.2) is 55.3 Å². The fourth-order valence-electron chi connectivity index (χ4n) is 3.08. The average molecular weight is 334 g/mol. The first-order valence-electron chi connectivity index (χ1n) is 7.37. The van der Waals surface area contributed by atoms with Crippen LogP contribution in [0.25, 0.3) is 0 Å². The first kappa shape index (κ1) is 17.4. The Labute approximate surface area is 129 Å².